The number of rotatable bonds is 3. The monoisotopic (exact) mass is 315 g/mol. The molecule has 3 nitrogen and oxygen atoms in total. The van der Waals surface area contributed by atoms with Crippen molar-refractivity contribution in [1.29, 1.82) is 0 Å². The van der Waals surface area contributed by atoms with Crippen molar-refractivity contribution in [3.63, 3.8) is 0 Å². The minimum Gasteiger partial charge on any atom is -0.480 e. The lowest BCUT2D eigenvalue weighted by molar-refractivity contribution is -0.144. The van der Waals surface area contributed by atoms with Gasteiger partial charge < -0.3 is 5.11 Å². The highest BCUT2D eigenvalue weighted by atomic mass is 35.5. The first kappa shape index (κ1) is 15.6. The third-order valence-electron chi connectivity index (χ3n) is 3.98. The van der Waals surface area contributed by atoms with E-state index in [1.807, 2.05) is 17.9 Å². The van der Waals surface area contributed by atoms with Gasteiger partial charge >= 0.3 is 5.97 Å². The first-order valence-corrected chi connectivity index (χ1v) is 7.70. The Balaban J connectivity index is 2.30. The van der Waals surface area contributed by atoms with Gasteiger partial charge in [-0.2, -0.15) is 0 Å². The standard InChI is InChI=1S/C15H19Cl2NO2/c1-10(12-9-11(16)6-7-13(12)17)18-8-4-2-3-5-14(18)15(19)20/h6-7,9-10,14H,2-5,8H2,1H3,(H,19,20). The second kappa shape index (κ2) is 6.79. The van der Waals surface area contributed by atoms with E-state index in [-0.39, 0.29) is 6.04 Å². The van der Waals surface area contributed by atoms with E-state index in [9.17, 15) is 9.90 Å². The Morgan fingerprint density at radius 3 is 2.80 bits per heavy atom. The smallest absolute Gasteiger partial charge is 0.320 e. The molecule has 0 radical (unpaired) electrons. The fourth-order valence-electron chi connectivity index (χ4n) is 2.87. The van der Waals surface area contributed by atoms with Crippen molar-refractivity contribution in [2.45, 2.75) is 44.7 Å². The van der Waals surface area contributed by atoms with Gasteiger partial charge in [0.1, 0.15) is 6.04 Å². The van der Waals surface area contributed by atoms with E-state index in [1.165, 1.54) is 0 Å². The molecule has 1 aliphatic rings. The first-order valence-electron chi connectivity index (χ1n) is 6.94. The predicted octanol–water partition coefficient (Wildman–Crippen LogP) is 4.38. The minimum atomic E-state index is -0.753. The molecule has 2 rings (SSSR count). The van der Waals surface area contributed by atoms with E-state index >= 15 is 0 Å². The zero-order chi connectivity index (χ0) is 14.7. The highest BCUT2D eigenvalue weighted by Gasteiger charge is 2.31. The number of likely N-dealkylation sites (tertiary alicyclic amines) is 1. The Labute approximate surface area is 129 Å². The van der Waals surface area contributed by atoms with Crippen molar-refractivity contribution in [1.82, 2.24) is 4.90 Å². The molecule has 2 atom stereocenters. The number of hydrogen-bond donors (Lipinski definition) is 1. The fourth-order valence-corrected chi connectivity index (χ4v) is 3.33. The van der Waals surface area contributed by atoms with Crippen LogP contribution in [0.1, 0.15) is 44.2 Å². The molecule has 2 unspecified atom stereocenters. The second-order valence-electron chi connectivity index (χ2n) is 5.28. The van der Waals surface area contributed by atoms with Crippen LogP contribution in [0.3, 0.4) is 0 Å². The summed E-state index contributed by atoms with van der Waals surface area (Å²) in [6.07, 6.45) is 3.75. The van der Waals surface area contributed by atoms with Crippen LogP contribution in [0, 0.1) is 0 Å². The van der Waals surface area contributed by atoms with E-state index in [0.29, 0.717) is 16.5 Å². The topological polar surface area (TPSA) is 40.5 Å². The Kier molecular flexibility index (Phi) is 5.30. The molecule has 1 aliphatic heterocycles. The van der Waals surface area contributed by atoms with E-state index in [1.54, 1.807) is 12.1 Å². The molecule has 0 aliphatic carbocycles. The van der Waals surface area contributed by atoms with E-state index in [4.69, 9.17) is 23.2 Å². The quantitative estimate of drug-likeness (QED) is 0.899. The predicted molar refractivity (Wildman–Crippen MR) is 81.5 cm³/mol. The Hall–Kier alpha value is -0.770. The molecule has 0 aromatic heterocycles. The van der Waals surface area contributed by atoms with Gasteiger partial charge in [0.25, 0.3) is 0 Å². The number of carboxylic acid groups (broad SMARTS) is 1. The van der Waals surface area contributed by atoms with Crippen LogP contribution in [0.2, 0.25) is 10.0 Å². The Morgan fingerprint density at radius 1 is 1.35 bits per heavy atom. The Bertz CT molecular complexity index is 493. The summed E-state index contributed by atoms with van der Waals surface area (Å²) < 4.78 is 0. The number of benzene rings is 1. The van der Waals surface area contributed by atoms with Crippen molar-refractivity contribution >= 4 is 29.2 Å². The van der Waals surface area contributed by atoms with Gasteiger partial charge in [-0.25, -0.2) is 0 Å². The average Bonchev–Trinajstić information content (AvgIpc) is 2.66. The zero-order valence-corrected chi connectivity index (χ0v) is 13.0. The molecule has 0 bridgehead atoms. The molecule has 1 N–H and O–H groups in total. The summed E-state index contributed by atoms with van der Waals surface area (Å²) in [4.78, 5) is 13.5. The van der Waals surface area contributed by atoms with E-state index in [2.05, 4.69) is 0 Å². The lowest BCUT2D eigenvalue weighted by Crippen LogP contribution is -2.42. The van der Waals surface area contributed by atoms with Gasteiger partial charge in [-0.1, -0.05) is 36.0 Å². The second-order valence-corrected chi connectivity index (χ2v) is 6.13. The van der Waals surface area contributed by atoms with Crippen LogP contribution in [0.25, 0.3) is 0 Å². The van der Waals surface area contributed by atoms with Gasteiger partial charge in [-0.3, -0.25) is 9.69 Å². The van der Waals surface area contributed by atoms with Gasteiger partial charge in [-0.05, 0) is 50.1 Å². The normalized spacial score (nSPS) is 22.2. The number of carboxylic acids is 1. The maximum absolute atomic E-state index is 11.5. The van der Waals surface area contributed by atoms with E-state index in [0.717, 1.165) is 31.4 Å². The summed E-state index contributed by atoms with van der Waals surface area (Å²) in [6.45, 7) is 2.78. The van der Waals surface area contributed by atoms with Crippen molar-refractivity contribution < 1.29 is 9.90 Å². The maximum atomic E-state index is 11.5. The largest absolute Gasteiger partial charge is 0.480 e. The van der Waals surface area contributed by atoms with Gasteiger partial charge in [0.2, 0.25) is 0 Å². The van der Waals surface area contributed by atoms with Crippen LogP contribution in [0.5, 0.6) is 0 Å². The molecular weight excluding hydrogens is 297 g/mol. The molecule has 1 heterocycles. The molecule has 0 saturated carbocycles. The van der Waals surface area contributed by atoms with Crippen LogP contribution >= 0.6 is 23.2 Å². The molecule has 1 aromatic carbocycles. The van der Waals surface area contributed by atoms with Crippen molar-refractivity contribution in [2.24, 2.45) is 0 Å². The number of nitrogens with zero attached hydrogens (tertiary/aromatic N) is 1. The summed E-state index contributed by atoms with van der Waals surface area (Å²) in [5.41, 5.74) is 0.896. The lowest BCUT2D eigenvalue weighted by Gasteiger charge is -2.33. The maximum Gasteiger partial charge on any atom is 0.320 e. The fraction of sp³-hybridized carbons (Fsp3) is 0.533. The molecule has 0 amide bonds. The molecule has 20 heavy (non-hydrogen) atoms. The molecule has 1 fully saturated rings. The number of aliphatic carboxylic acids is 1. The van der Waals surface area contributed by atoms with Crippen LogP contribution < -0.4 is 0 Å². The molecule has 1 saturated heterocycles. The van der Waals surface area contributed by atoms with Crippen LogP contribution in [0.4, 0.5) is 0 Å². The van der Waals surface area contributed by atoms with Crippen LogP contribution in [-0.2, 0) is 4.79 Å². The van der Waals surface area contributed by atoms with Crippen LogP contribution in [-0.4, -0.2) is 28.6 Å². The molecule has 1 aromatic rings. The van der Waals surface area contributed by atoms with Crippen molar-refractivity contribution in [3.05, 3.63) is 33.8 Å². The SMILES string of the molecule is CC(c1cc(Cl)ccc1Cl)N1CCCCCC1C(=O)O. The summed E-state index contributed by atoms with van der Waals surface area (Å²) >= 11 is 12.3. The third-order valence-corrected chi connectivity index (χ3v) is 4.56. The summed E-state index contributed by atoms with van der Waals surface area (Å²) in [6, 6.07) is 4.85. The first-order chi connectivity index (χ1) is 9.50. The molecule has 110 valence electrons. The molecular formula is C15H19Cl2NO2. The van der Waals surface area contributed by atoms with Gasteiger partial charge in [-0.15, -0.1) is 0 Å². The summed E-state index contributed by atoms with van der Waals surface area (Å²) in [5, 5.41) is 10.7. The summed E-state index contributed by atoms with van der Waals surface area (Å²) in [5.74, 6) is -0.753. The third kappa shape index (κ3) is 3.46. The highest BCUT2D eigenvalue weighted by molar-refractivity contribution is 6.33. The van der Waals surface area contributed by atoms with E-state index < -0.39 is 12.0 Å². The zero-order valence-electron chi connectivity index (χ0n) is 11.5. The molecule has 5 heteroatoms. The van der Waals surface area contributed by atoms with Crippen molar-refractivity contribution in [2.75, 3.05) is 6.54 Å². The van der Waals surface area contributed by atoms with Gasteiger partial charge in [0, 0.05) is 16.1 Å². The highest BCUT2D eigenvalue weighted by Crippen LogP contribution is 2.33. The number of halogens is 2. The van der Waals surface area contributed by atoms with Crippen LogP contribution in [0.15, 0.2) is 18.2 Å². The van der Waals surface area contributed by atoms with Crippen molar-refractivity contribution in [3.8, 4) is 0 Å². The summed E-state index contributed by atoms with van der Waals surface area (Å²) in [7, 11) is 0. The lowest BCUT2D eigenvalue weighted by atomic mass is 10.0. The minimum absolute atomic E-state index is 0.0552. The number of hydrogen-bond acceptors (Lipinski definition) is 2. The van der Waals surface area contributed by atoms with Gasteiger partial charge in [0.05, 0.1) is 0 Å². The Morgan fingerprint density at radius 2 is 2.10 bits per heavy atom. The average molecular weight is 316 g/mol. The number of carbonyl (C=O) groups is 1. The molecule has 0 spiro atoms. The van der Waals surface area contributed by atoms with Gasteiger partial charge in [0.15, 0.2) is 0 Å².